The molecule has 0 aliphatic heterocycles. The molecule has 1 aromatic rings. The number of hydrogen-bond donors (Lipinski definition) is 0. The average Bonchev–Trinajstić information content (AvgIpc) is 2.14. The Morgan fingerprint density at radius 1 is 1.57 bits per heavy atom. The Kier molecular flexibility index (Phi) is 3.63. The van der Waals surface area contributed by atoms with E-state index in [1.807, 2.05) is 0 Å². The minimum absolute atomic E-state index is 0.168. The van der Waals surface area contributed by atoms with Gasteiger partial charge in [-0.25, -0.2) is 4.39 Å². The van der Waals surface area contributed by atoms with Crippen LogP contribution in [-0.2, 0) is 16.0 Å². The molecule has 0 unspecified atom stereocenters. The zero-order valence-electron chi connectivity index (χ0n) is 7.93. The summed E-state index contributed by atoms with van der Waals surface area (Å²) in [7, 11) is 1.33. The third-order valence-electron chi connectivity index (χ3n) is 1.94. The van der Waals surface area contributed by atoms with Crippen molar-refractivity contribution in [1.82, 2.24) is 0 Å². The summed E-state index contributed by atoms with van der Waals surface area (Å²) in [6.07, 6.45) is 0.168. The molecule has 4 heteroatoms. The molecule has 0 aliphatic rings. The molecule has 76 valence electrons. The lowest BCUT2D eigenvalue weighted by Crippen LogP contribution is -2.06. The summed E-state index contributed by atoms with van der Waals surface area (Å²) < 4.78 is 17.9. The van der Waals surface area contributed by atoms with Crippen molar-refractivity contribution in [3.63, 3.8) is 0 Å². The van der Waals surface area contributed by atoms with Gasteiger partial charge in [-0.1, -0.05) is 0 Å². The van der Waals surface area contributed by atoms with Crippen molar-refractivity contribution in [3.05, 3.63) is 33.5 Å². The number of rotatable bonds is 2. The normalized spacial score (nSPS) is 10.0. The molecule has 0 amide bonds. The van der Waals surface area contributed by atoms with E-state index in [9.17, 15) is 9.18 Å². The number of carbonyl (C=O) groups excluding carboxylic acids is 1. The number of benzene rings is 1. The molecule has 0 aromatic heterocycles. The van der Waals surface area contributed by atoms with E-state index in [0.717, 1.165) is 11.1 Å². The maximum Gasteiger partial charge on any atom is 0.309 e. The average molecular weight is 261 g/mol. The highest BCUT2D eigenvalue weighted by Crippen LogP contribution is 2.20. The summed E-state index contributed by atoms with van der Waals surface area (Å²) >= 11 is 3.06. The van der Waals surface area contributed by atoms with Gasteiger partial charge in [-0.2, -0.15) is 0 Å². The van der Waals surface area contributed by atoms with Crippen LogP contribution in [0.3, 0.4) is 0 Å². The van der Waals surface area contributed by atoms with Gasteiger partial charge in [-0.3, -0.25) is 4.79 Å². The summed E-state index contributed by atoms with van der Waals surface area (Å²) in [6, 6.07) is 2.99. The first-order valence-corrected chi connectivity index (χ1v) is 4.85. The molecule has 2 nitrogen and oxygen atoms in total. The molecule has 0 spiro atoms. The summed E-state index contributed by atoms with van der Waals surface area (Å²) in [5.41, 5.74) is 1.52. The van der Waals surface area contributed by atoms with E-state index in [4.69, 9.17) is 0 Å². The van der Waals surface area contributed by atoms with E-state index in [-0.39, 0.29) is 18.2 Å². The Bertz CT molecular complexity index is 363. The topological polar surface area (TPSA) is 26.3 Å². The van der Waals surface area contributed by atoms with Crippen LogP contribution in [-0.4, -0.2) is 13.1 Å². The first-order chi connectivity index (χ1) is 6.54. The van der Waals surface area contributed by atoms with Crippen LogP contribution in [0, 0.1) is 12.7 Å². The lowest BCUT2D eigenvalue weighted by atomic mass is 10.1. The van der Waals surface area contributed by atoms with Gasteiger partial charge in [0.2, 0.25) is 0 Å². The predicted octanol–water partition coefficient (Wildman–Crippen LogP) is 2.61. The maximum atomic E-state index is 13.0. The monoisotopic (exact) mass is 260 g/mol. The van der Waals surface area contributed by atoms with Gasteiger partial charge in [0, 0.05) is 0 Å². The zero-order valence-corrected chi connectivity index (χ0v) is 9.52. The Labute approximate surface area is 90.2 Å². The van der Waals surface area contributed by atoms with Crippen molar-refractivity contribution in [2.24, 2.45) is 0 Å². The third-order valence-corrected chi connectivity index (χ3v) is 2.55. The summed E-state index contributed by atoms with van der Waals surface area (Å²) in [5.74, 6) is -0.650. The van der Waals surface area contributed by atoms with E-state index in [0.29, 0.717) is 4.47 Å². The summed E-state index contributed by atoms with van der Waals surface area (Å²) in [5, 5.41) is 0. The highest BCUT2D eigenvalue weighted by Gasteiger charge is 2.09. The molecule has 0 saturated carbocycles. The molecule has 0 atom stereocenters. The predicted molar refractivity (Wildman–Crippen MR) is 54.6 cm³/mol. The fourth-order valence-electron chi connectivity index (χ4n) is 1.11. The quantitative estimate of drug-likeness (QED) is 0.765. The summed E-state index contributed by atoms with van der Waals surface area (Å²) in [6.45, 7) is 1.76. The van der Waals surface area contributed by atoms with E-state index < -0.39 is 0 Å². The van der Waals surface area contributed by atoms with Crippen molar-refractivity contribution >= 4 is 21.9 Å². The zero-order chi connectivity index (χ0) is 10.7. The van der Waals surface area contributed by atoms with Gasteiger partial charge in [-0.05, 0) is 46.1 Å². The fraction of sp³-hybridized carbons (Fsp3) is 0.300. The van der Waals surface area contributed by atoms with Crippen molar-refractivity contribution in [2.45, 2.75) is 13.3 Å². The molecule has 1 rings (SSSR count). The number of aryl methyl sites for hydroxylation is 1. The van der Waals surface area contributed by atoms with Gasteiger partial charge in [0.05, 0.1) is 18.0 Å². The molecular formula is C10H10BrFO2. The van der Waals surface area contributed by atoms with Crippen LogP contribution in [0.1, 0.15) is 11.1 Å². The minimum Gasteiger partial charge on any atom is -0.469 e. The molecular weight excluding hydrogens is 251 g/mol. The number of halogens is 2. The Balaban J connectivity index is 2.98. The van der Waals surface area contributed by atoms with Gasteiger partial charge in [0.25, 0.3) is 0 Å². The number of carbonyl (C=O) groups is 1. The van der Waals surface area contributed by atoms with Crippen LogP contribution in [0.15, 0.2) is 16.6 Å². The molecule has 14 heavy (non-hydrogen) atoms. The lowest BCUT2D eigenvalue weighted by molar-refractivity contribution is -0.139. The minimum atomic E-state index is -0.327. The van der Waals surface area contributed by atoms with Gasteiger partial charge < -0.3 is 4.74 Å². The smallest absolute Gasteiger partial charge is 0.309 e. The molecule has 0 radical (unpaired) electrons. The second-order valence-electron chi connectivity index (χ2n) is 2.95. The Morgan fingerprint density at radius 3 is 2.79 bits per heavy atom. The lowest BCUT2D eigenvalue weighted by Gasteiger charge is -2.05. The molecule has 0 bridgehead atoms. The van der Waals surface area contributed by atoms with Crippen molar-refractivity contribution in [2.75, 3.05) is 7.11 Å². The molecule has 0 N–H and O–H groups in total. The second kappa shape index (κ2) is 4.55. The van der Waals surface area contributed by atoms with E-state index in [1.165, 1.54) is 13.2 Å². The van der Waals surface area contributed by atoms with Gasteiger partial charge in [0.15, 0.2) is 0 Å². The summed E-state index contributed by atoms with van der Waals surface area (Å²) in [4.78, 5) is 11.0. The SMILES string of the molecule is COC(=O)Cc1cc(Br)c(F)cc1C. The fourth-order valence-corrected chi connectivity index (χ4v) is 1.50. The van der Waals surface area contributed by atoms with Crippen LogP contribution in [0.2, 0.25) is 0 Å². The van der Waals surface area contributed by atoms with Crippen molar-refractivity contribution in [1.29, 1.82) is 0 Å². The Morgan fingerprint density at radius 2 is 2.21 bits per heavy atom. The molecule has 0 aliphatic carbocycles. The van der Waals surface area contributed by atoms with Crippen LogP contribution in [0.4, 0.5) is 4.39 Å². The first-order valence-electron chi connectivity index (χ1n) is 4.06. The molecule has 0 heterocycles. The van der Waals surface area contributed by atoms with E-state index in [2.05, 4.69) is 20.7 Å². The van der Waals surface area contributed by atoms with Gasteiger partial charge >= 0.3 is 5.97 Å². The second-order valence-corrected chi connectivity index (χ2v) is 3.80. The number of methoxy groups -OCH3 is 1. The van der Waals surface area contributed by atoms with Crippen LogP contribution >= 0.6 is 15.9 Å². The van der Waals surface area contributed by atoms with Gasteiger partial charge in [0.1, 0.15) is 5.82 Å². The standard InChI is InChI=1S/C10H10BrFO2/c1-6-3-9(12)8(11)4-7(6)5-10(13)14-2/h3-4H,5H2,1-2H3. The first kappa shape index (κ1) is 11.2. The van der Waals surface area contributed by atoms with Crippen LogP contribution < -0.4 is 0 Å². The molecule has 0 fully saturated rings. The number of ether oxygens (including phenoxy) is 1. The number of hydrogen-bond acceptors (Lipinski definition) is 2. The van der Waals surface area contributed by atoms with Crippen LogP contribution in [0.5, 0.6) is 0 Å². The largest absolute Gasteiger partial charge is 0.469 e. The van der Waals surface area contributed by atoms with Crippen molar-refractivity contribution < 1.29 is 13.9 Å². The molecule has 1 aromatic carbocycles. The van der Waals surface area contributed by atoms with Crippen molar-refractivity contribution in [3.8, 4) is 0 Å². The van der Waals surface area contributed by atoms with Gasteiger partial charge in [-0.15, -0.1) is 0 Å². The van der Waals surface area contributed by atoms with E-state index >= 15 is 0 Å². The van der Waals surface area contributed by atoms with E-state index in [1.54, 1.807) is 13.0 Å². The third kappa shape index (κ3) is 2.54. The molecule has 0 saturated heterocycles. The highest BCUT2D eigenvalue weighted by molar-refractivity contribution is 9.10. The highest BCUT2D eigenvalue weighted by atomic mass is 79.9. The number of esters is 1. The van der Waals surface area contributed by atoms with Crippen LogP contribution in [0.25, 0.3) is 0 Å². The Hall–Kier alpha value is -0.900. The maximum absolute atomic E-state index is 13.0.